The Morgan fingerprint density at radius 2 is 1.97 bits per heavy atom. The molecular weight excluding hydrogens is 442 g/mol. The molecule has 0 bridgehead atoms. The number of aromatic nitrogens is 5. The van der Waals surface area contributed by atoms with Gasteiger partial charge in [0.05, 0.1) is 0 Å². The smallest absolute Gasteiger partial charge is 0.246 e. The Morgan fingerprint density at radius 3 is 2.74 bits per heavy atom. The fraction of sp³-hybridized carbons (Fsp3) is 0.600. The van der Waals surface area contributed by atoms with Gasteiger partial charge in [-0.05, 0) is 64.5 Å². The molecule has 1 aliphatic carbocycles. The Bertz CT molecular complexity index is 1190. The predicted molar refractivity (Wildman–Crippen MR) is 135 cm³/mol. The van der Waals surface area contributed by atoms with Gasteiger partial charge in [0.2, 0.25) is 11.9 Å². The molecule has 3 aliphatic rings. The number of rotatable bonds is 7. The number of likely N-dealkylation sites (tertiary alicyclic amines) is 1. The van der Waals surface area contributed by atoms with Gasteiger partial charge < -0.3 is 20.4 Å². The van der Waals surface area contributed by atoms with Crippen LogP contribution in [0.15, 0.2) is 24.4 Å². The van der Waals surface area contributed by atoms with Gasteiger partial charge in [0.1, 0.15) is 11.6 Å². The van der Waals surface area contributed by atoms with E-state index in [9.17, 15) is 4.79 Å². The average Bonchev–Trinajstić information content (AvgIpc) is 3.24. The maximum absolute atomic E-state index is 13.3. The van der Waals surface area contributed by atoms with E-state index in [1.807, 2.05) is 22.8 Å². The minimum atomic E-state index is -0.245. The van der Waals surface area contributed by atoms with Gasteiger partial charge in [-0.2, -0.15) is 10.1 Å². The van der Waals surface area contributed by atoms with Crippen LogP contribution in [0.3, 0.4) is 0 Å². The second kappa shape index (κ2) is 9.14. The van der Waals surface area contributed by atoms with Crippen molar-refractivity contribution in [3.05, 3.63) is 30.1 Å². The number of aromatic amines is 1. The van der Waals surface area contributed by atoms with Crippen molar-refractivity contribution in [1.29, 1.82) is 0 Å². The second-order valence-electron chi connectivity index (χ2n) is 10.5. The van der Waals surface area contributed by atoms with Gasteiger partial charge >= 0.3 is 0 Å². The summed E-state index contributed by atoms with van der Waals surface area (Å²) in [5, 5.41) is 19.0. The van der Waals surface area contributed by atoms with Crippen LogP contribution in [0.25, 0.3) is 5.52 Å². The third-order valence-corrected chi connectivity index (χ3v) is 7.66. The van der Waals surface area contributed by atoms with Crippen LogP contribution in [0, 0.1) is 0 Å². The van der Waals surface area contributed by atoms with Crippen molar-refractivity contribution in [3.8, 4) is 0 Å². The average molecular weight is 478 g/mol. The molecule has 186 valence electrons. The summed E-state index contributed by atoms with van der Waals surface area (Å²) in [6, 6.07) is 6.56. The number of carbonyl (C=O) groups excluding carboxylic acids is 1. The number of hydrogen-bond acceptors (Lipinski definition) is 7. The largest absolute Gasteiger partial charge is 0.351 e. The number of H-pyrrole nitrogens is 1. The number of amides is 1. The van der Waals surface area contributed by atoms with Crippen LogP contribution >= 0.6 is 0 Å². The highest BCUT2D eigenvalue weighted by atomic mass is 16.2. The number of hydrogen-bond donors (Lipinski definition) is 3. The van der Waals surface area contributed by atoms with Gasteiger partial charge in [-0.3, -0.25) is 9.89 Å². The Morgan fingerprint density at radius 1 is 1.14 bits per heavy atom. The summed E-state index contributed by atoms with van der Waals surface area (Å²) in [6.07, 6.45) is 8.13. The van der Waals surface area contributed by atoms with Gasteiger partial charge in [-0.15, -0.1) is 5.10 Å². The maximum Gasteiger partial charge on any atom is 0.246 e. The van der Waals surface area contributed by atoms with E-state index >= 15 is 0 Å². The molecule has 1 atom stereocenters. The van der Waals surface area contributed by atoms with E-state index < -0.39 is 0 Å². The van der Waals surface area contributed by atoms with Gasteiger partial charge in [0.15, 0.2) is 11.6 Å². The summed E-state index contributed by atoms with van der Waals surface area (Å²) >= 11 is 0. The van der Waals surface area contributed by atoms with Crippen LogP contribution in [0.4, 0.5) is 17.6 Å². The van der Waals surface area contributed by atoms with Crippen molar-refractivity contribution < 1.29 is 4.79 Å². The van der Waals surface area contributed by atoms with Crippen molar-refractivity contribution in [2.24, 2.45) is 0 Å². The molecule has 2 saturated heterocycles. The molecule has 10 nitrogen and oxygen atoms in total. The molecule has 1 saturated carbocycles. The minimum absolute atomic E-state index is 0.0950. The third kappa shape index (κ3) is 4.59. The van der Waals surface area contributed by atoms with Crippen LogP contribution < -0.4 is 15.5 Å². The van der Waals surface area contributed by atoms with E-state index in [0.29, 0.717) is 23.7 Å². The number of nitrogens with one attached hydrogen (secondary N) is 3. The Hall–Kier alpha value is -3.14. The number of nitrogens with zero attached hydrogens (tertiary/aromatic N) is 6. The van der Waals surface area contributed by atoms with Gasteiger partial charge in [0.25, 0.3) is 0 Å². The highest BCUT2D eigenvalue weighted by Crippen LogP contribution is 2.39. The highest BCUT2D eigenvalue weighted by molar-refractivity contribution is 5.86. The third-order valence-electron chi connectivity index (χ3n) is 7.66. The lowest BCUT2D eigenvalue weighted by Gasteiger charge is -2.35. The van der Waals surface area contributed by atoms with Gasteiger partial charge in [0, 0.05) is 55.6 Å². The fourth-order valence-electron chi connectivity index (χ4n) is 5.40. The molecular formula is C25H35N9O. The van der Waals surface area contributed by atoms with E-state index in [0.717, 1.165) is 56.7 Å². The molecule has 3 fully saturated rings. The molecule has 10 heteroatoms. The molecule has 0 aromatic carbocycles. The first-order chi connectivity index (χ1) is 17.0. The normalized spacial score (nSPS) is 21.8. The quantitative estimate of drug-likeness (QED) is 0.480. The predicted octanol–water partition coefficient (Wildman–Crippen LogP) is 3.03. The van der Waals surface area contributed by atoms with Crippen LogP contribution in [0.2, 0.25) is 0 Å². The Balaban J connectivity index is 1.19. The number of carbonyl (C=O) groups is 1. The summed E-state index contributed by atoms with van der Waals surface area (Å²) in [5.41, 5.74) is 2.05. The topological polar surface area (TPSA) is 106 Å². The minimum Gasteiger partial charge on any atom is -0.351 e. The summed E-state index contributed by atoms with van der Waals surface area (Å²) in [5.74, 6) is 2.72. The number of anilines is 3. The van der Waals surface area contributed by atoms with Crippen molar-refractivity contribution >= 4 is 29.0 Å². The lowest BCUT2D eigenvalue weighted by molar-refractivity contribution is -0.123. The molecule has 1 unspecified atom stereocenters. The molecule has 0 radical (unpaired) electrons. The fourth-order valence-corrected chi connectivity index (χ4v) is 5.40. The van der Waals surface area contributed by atoms with Crippen molar-refractivity contribution in [1.82, 2.24) is 35.0 Å². The molecule has 1 amide bonds. The van der Waals surface area contributed by atoms with Crippen LogP contribution in [0.1, 0.15) is 64.0 Å². The summed E-state index contributed by atoms with van der Waals surface area (Å²) in [4.78, 5) is 22.7. The van der Waals surface area contributed by atoms with Crippen LogP contribution in [-0.4, -0.2) is 73.4 Å². The standard InChI is InChI=1S/C25H35N9O/c1-16(2)32-13-9-18(10-14-32)26-24(35)21-6-3-11-33(21)25-28-23(20-5-4-12-34(20)31-25)27-22-15-19(29-30-22)17-7-8-17/h4-5,12,15-18,21H,3,6-11,13-14H2,1-2H3,(H,26,35)(H2,27,28,29,30,31). The summed E-state index contributed by atoms with van der Waals surface area (Å²) in [6.45, 7) is 7.31. The molecule has 3 aromatic heterocycles. The van der Waals surface area contributed by atoms with Crippen LogP contribution in [0.5, 0.6) is 0 Å². The van der Waals surface area contributed by atoms with E-state index in [1.165, 1.54) is 18.5 Å². The lowest BCUT2D eigenvalue weighted by atomic mass is 10.0. The first-order valence-corrected chi connectivity index (χ1v) is 13.0. The first-order valence-electron chi connectivity index (χ1n) is 13.0. The Kier molecular flexibility index (Phi) is 5.83. The molecule has 5 heterocycles. The monoisotopic (exact) mass is 477 g/mol. The molecule has 6 rings (SSSR count). The zero-order valence-electron chi connectivity index (χ0n) is 20.6. The van der Waals surface area contributed by atoms with Crippen molar-refractivity contribution in [3.63, 3.8) is 0 Å². The molecule has 3 N–H and O–H groups in total. The Labute approximate surface area is 205 Å². The molecule has 3 aromatic rings. The number of fused-ring (bicyclic) bond motifs is 1. The van der Waals surface area contributed by atoms with Crippen LogP contribution in [-0.2, 0) is 4.79 Å². The lowest BCUT2D eigenvalue weighted by Crippen LogP contribution is -2.51. The second-order valence-corrected chi connectivity index (χ2v) is 10.5. The maximum atomic E-state index is 13.3. The molecule has 35 heavy (non-hydrogen) atoms. The number of piperidine rings is 1. The summed E-state index contributed by atoms with van der Waals surface area (Å²) in [7, 11) is 0. The van der Waals surface area contributed by atoms with Crippen molar-refractivity contribution in [2.45, 2.75) is 76.4 Å². The van der Waals surface area contributed by atoms with Crippen molar-refractivity contribution in [2.75, 3.05) is 29.9 Å². The zero-order valence-corrected chi connectivity index (χ0v) is 20.6. The highest BCUT2D eigenvalue weighted by Gasteiger charge is 2.35. The van der Waals surface area contributed by atoms with E-state index in [4.69, 9.17) is 10.1 Å². The SMILES string of the molecule is CC(C)N1CCC(NC(=O)C2CCCN2c2nc(Nc3cc(C4CC4)[nH]n3)c3cccn3n2)CC1. The van der Waals surface area contributed by atoms with E-state index in [-0.39, 0.29) is 18.0 Å². The molecule has 0 spiro atoms. The first kappa shape index (κ1) is 22.3. The van der Waals surface area contributed by atoms with E-state index in [1.54, 1.807) is 0 Å². The van der Waals surface area contributed by atoms with Gasteiger partial charge in [-0.25, -0.2) is 4.52 Å². The summed E-state index contributed by atoms with van der Waals surface area (Å²) < 4.78 is 1.83. The van der Waals surface area contributed by atoms with E-state index in [2.05, 4.69) is 50.5 Å². The van der Waals surface area contributed by atoms with Gasteiger partial charge in [-0.1, -0.05) is 0 Å². The zero-order chi connectivity index (χ0) is 23.9. The molecule has 2 aliphatic heterocycles.